The van der Waals surface area contributed by atoms with Gasteiger partial charge in [0, 0.05) is 6.42 Å². The maximum absolute atomic E-state index is 10.8. The number of amides is 1. The Bertz CT molecular complexity index is 255. The third-order valence-corrected chi connectivity index (χ3v) is 1.88. The summed E-state index contributed by atoms with van der Waals surface area (Å²) in [5.41, 5.74) is 0. The zero-order valence-electron chi connectivity index (χ0n) is 7.90. The van der Waals surface area contributed by atoms with Gasteiger partial charge in [0.1, 0.15) is 11.9 Å². The number of carboxylic acid groups (broad SMARTS) is 2. The van der Waals surface area contributed by atoms with Crippen LogP contribution in [0.25, 0.3) is 0 Å². The normalized spacial score (nSPS) is 11.8. The molecular formula is C8H12ClNO5. The van der Waals surface area contributed by atoms with Gasteiger partial charge in [-0.1, -0.05) is 0 Å². The van der Waals surface area contributed by atoms with E-state index in [4.69, 9.17) is 21.8 Å². The van der Waals surface area contributed by atoms with E-state index in [1.54, 1.807) is 0 Å². The number of carboxylic acids is 2. The van der Waals surface area contributed by atoms with Gasteiger partial charge in [0.2, 0.25) is 5.91 Å². The standard InChI is InChI=1S/C8H12ClNO5/c9-4-6(11)10-5(8(14)15)2-1-3-7(12)13/h5H,1-4H2,(H,10,11)(H,12,13)(H,14,15). The highest BCUT2D eigenvalue weighted by Crippen LogP contribution is 2.01. The highest BCUT2D eigenvalue weighted by molar-refractivity contribution is 6.27. The summed E-state index contributed by atoms with van der Waals surface area (Å²) in [5, 5.41) is 19.2. The Balaban J connectivity index is 4.00. The van der Waals surface area contributed by atoms with Crippen LogP contribution in [0, 0.1) is 0 Å². The lowest BCUT2D eigenvalue weighted by molar-refractivity contribution is -0.142. The van der Waals surface area contributed by atoms with E-state index >= 15 is 0 Å². The molecule has 0 aliphatic heterocycles. The Morgan fingerprint density at radius 1 is 1.27 bits per heavy atom. The number of carbonyl (C=O) groups excluding carboxylic acids is 1. The van der Waals surface area contributed by atoms with E-state index in [0.29, 0.717) is 0 Å². The molecule has 0 heterocycles. The summed E-state index contributed by atoms with van der Waals surface area (Å²) in [6, 6.07) is -1.07. The topological polar surface area (TPSA) is 104 Å². The molecule has 0 fully saturated rings. The maximum atomic E-state index is 10.8. The van der Waals surface area contributed by atoms with Gasteiger partial charge >= 0.3 is 11.9 Å². The lowest BCUT2D eigenvalue weighted by Gasteiger charge is -2.12. The Morgan fingerprint density at radius 2 is 1.87 bits per heavy atom. The van der Waals surface area contributed by atoms with E-state index in [1.165, 1.54) is 0 Å². The minimum Gasteiger partial charge on any atom is -0.481 e. The van der Waals surface area contributed by atoms with Crippen LogP contribution < -0.4 is 5.32 Å². The largest absolute Gasteiger partial charge is 0.481 e. The van der Waals surface area contributed by atoms with Crippen LogP contribution in [-0.2, 0) is 14.4 Å². The van der Waals surface area contributed by atoms with Gasteiger partial charge in [-0.05, 0) is 12.8 Å². The maximum Gasteiger partial charge on any atom is 0.326 e. The van der Waals surface area contributed by atoms with Crippen molar-refractivity contribution in [2.75, 3.05) is 5.88 Å². The number of hydrogen-bond donors (Lipinski definition) is 3. The highest BCUT2D eigenvalue weighted by atomic mass is 35.5. The summed E-state index contributed by atoms with van der Waals surface area (Å²) in [6.07, 6.45) is 0.139. The third kappa shape index (κ3) is 6.73. The van der Waals surface area contributed by atoms with Gasteiger partial charge in [-0.2, -0.15) is 0 Å². The van der Waals surface area contributed by atoms with Gasteiger partial charge in [0.25, 0.3) is 0 Å². The molecule has 0 aliphatic carbocycles. The second-order valence-corrected chi connectivity index (χ2v) is 3.15. The SMILES string of the molecule is O=C(O)CCCC(NC(=O)CCl)C(=O)O. The number of aliphatic carboxylic acids is 2. The van der Waals surface area contributed by atoms with Gasteiger partial charge in [-0.25, -0.2) is 4.79 Å². The molecule has 0 saturated heterocycles. The zero-order chi connectivity index (χ0) is 11.8. The number of carbonyl (C=O) groups is 3. The van der Waals surface area contributed by atoms with Crippen LogP contribution in [0.15, 0.2) is 0 Å². The number of rotatable bonds is 7. The van der Waals surface area contributed by atoms with Crippen LogP contribution in [0.5, 0.6) is 0 Å². The summed E-state index contributed by atoms with van der Waals surface area (Å²) >= 11 is 5.19. The Morgan fingerprint density at radius 3 is 2.27 bits per heavy atom. The summed E-state index contributed by atoms with van der Waals surface area (Å²) in [4.78, 5) is 31.6. The smallest absolute Gasteiger partial charge is 0.326 e. The molecule has 3 N–H and O–H groups in total. The van der Waals surface area contributed by atoms with E-state index < -0.39 is 23.9 Å². The monoisotopic (exact) mass is 237 g/mol. The first-order valence-electron chi connectivity index (χ1n) is 4.27. The minimum absolute atomic E-state index is 0.0737. The second kappa shape index (κ2) is 7.05. The van der Waals surface area contributed by atoms with Crippen molar-refractivity contribution in [2.24, 2.45) is 0 Å². The van der Waals surface area contributed by atoms with Gasteiger partial charge in [-0.15, -0.1) is 11.6 Å². The summed E-state index contributed by atoms with van der Waals surface area (Å²) in [5.74, 6) is -3.09. The highest BCUT2D eigenvalue weighted by Gasteiger charge is 2.19. The second-order valence-electron chi connectivity index (χ2n) is 2.88. The van der Waals surface area contributed by atoms with Crippen molar-refractivity contribution >= 4 is 29.4 Å². The van der Waals surface area contributed by atoms with Crippen LogP contribution in [0.2, 0.25) is 0 Å². The Hall–Kier alpha value is -1.30. The van der Waals surface area contributed by atoms with Crippen molar-refractivity contribution in [3.8, 4) is 0 Å². The zero-order valence-corrected chi connectivity index (χ0v) is 8.66. The number of hydrogen-bond acceptors (Lipinski definition) is 3. The first-order chi connectivity index (χ1) is 6.97. The molecule has 0 saturated carbocycles. The average Bonchev–Trinajstić information content (AvgIpc) is 2.15. The van der Waals surface area contributed by atoms with E-state index in [-0.39, 0.29) is 25.1 Å². The van der Waals surface area contributed by atoms with Crippen molar-refractivity contribution in [3.05, 3.63) is 0 Å². The molecule has 0 radical (unpaired) electrons. The lowest BCUT2D eigenvalue weighted by atomic mass is 10.1. The molecule has 0 aliphatic rings. The molecule has 0 aromatic heterocycles. The van der Waals surface area contributed by atoms with Crippen molar-refractivity contribution in [3.63, 3.8) is 0 Å². The van der Waals surface area contributed by atoms with Gasteiger partial charge in [0.05, 0.1) is 0 Å². The number of nitrogens with one attached hydrogen (secondary N) is 1. The van der Waals surface area contributed by atoms with E-state index in [9.17, 15) is 14.4 Å². The lowest BCUT2D eigenvalue weighted by Crippen LogP contribution is -2.41. The fourth-order valence-electron chi connectivity index (χ4n) is 0.948. The average molecular weight is 238 g/mol. The fraction of sp³-hybridized carbons (Fsp3) is 0.625. The van der Waals surface area contributed by atoms with Gasteiger partial charge < -0.3 is 15.5 Å². The van der Waals surface area contributed by atoms with Crippen LogP contribution in [0.1, 0.15) is 19.3 Å². The number of halogens is 1. The van der Waals surface area contributed by atoms with Crippen molar-refractivity contribution in [2.45, 2.75) is 25.3 Å². The fourth-order valence-corrected chi connectivity index (χ4v) is 1.02. The predicted molar refractivity (Wildman–Crippen MR) is 51.8 cm³/mol. The molecule has 15 heavy (non-hydrogen) atoms. The molecule has 0 bridgehead atoms. The quantitative estimate of drug-likeness (QED) is 0.543. The third-order valence-electron chi connectivity index (χ3n) is 1.64. The molecule has 0 aromatic carbocycles. The van der Waals surface area contributed by atoms with E-state index in [1.807, 2.05) is 0 Å². The van der Waals surface area contributed by atoms with Crippen molar-refractivity contribution in [1.82, 2.24) is 5.32 Å². The molecule has 1 atom stereocenters. The van der Waals surface area contributed by atoms with Gasteiger partial charge in [0.15, 0.2) is 0 Å². The Labute approximate surface area is 91.2 Å². The van der Waals surface area contributed by atoms with Crippen molar-refractivity contribution in [1.29, 1.82) is 0 Å². The molecule has 6 nitrogen and oxygen atoms in total. The number of alkyl halides is 1. The minimum atomic E-state index is -1.20. The van der Waals surface area contributed by atoms with Crippen LogP contribution in [0.3, 0.4) is 0 Å². The molecular weight excluding hydrogens is 226 g/mol. The summed E-state index contributed by atoms with van der Waals surface area (Å²) in [7, 11) is 0. The molecule has 0 aromatic rings. The predicted octanol–water partition coefficient (Wildman–Crippen LogP) is 0.0495. The van der Waals surface area contributed by atoms with E-state index in [2.05, 4.69) is 5.32 Å². The molecule has 1 amide bonds. The van der Waals surface area contributed by atoms with Crippen LogP contribution in [0.4, 0.5) is 0 Å². The first kappa shape index (κ1) is 13.7. The Kier molecular flexibility index (Phi) is 6.44. The molecule has 0 spiro atoms. The van der Waals surface area contributed by atoms with Crippen molar-refractivity contribution < 1.29 is 24.6 Å². The molecule has 1 unspecified atom stereocenters. The van der Waals surface area contributed by atoms with Crippen LogP contribution >= 0.6 is 11.6 Å². The first-order valence-corrected chi connectivity index (χ1v) is 4.80. The molecule has 0 rings (SSSR count). The summed E-state index contributed by atoms with van der Waals surface area (Å²) in [6.45, 7) is 0. The molecule has 86 valence electrons. The molecule has 7 heteroatoms. The van der Waals surface area contributed by atoms with Gasteiger partial charge in [-0.3, -0.25) is 9.59 Å². The summed E-state index contributed by atoms with van der Waals surface area (Å²) < 4.78 is 0. The van der Waals surface area contributed by atoms with Crippen LogP contribution in [-0.4, -0.2) is 40.0 Å². The van der Waals surface area contributed by atoms with E-state index in [0.717, 1.165) is 0 Å².